The van der Waals surface area contributed by atoms with Crippen molar-refractivity contribution in [2.75, 3.05) is 5.75 Å². The van der Waals surface area contributed by atoms with Crippen molar-refractivity contribution in [3.8, 4) is 0 Å². The summed E-state index contributed by atoms with van der Waals surface area (Å²) in [6, 6.07) is 0. The molecule has 0 heterocycles. The molecule has 42 valence electrons. The van der Waals surface area contributed by atoms with Crippen LogP contribution in [0.25, 0.3) is 0 Å². The molecule has 0 spiro atoms. The molecular formula is C6H12S. The first-order chi connectivity index (χ1) is 3.41. The summed E-state index contributed by atoms with van der Waals surface area (Å²) in [6.07, 6.45) is 3.34. The molecule has 0 aliphatic heterocycles. The van der Waals surface area contributed by atoms with Crippen LogP contribution in [0.5, 0.6) is 0 Å². The average molecular weight is 116 g/mol. The van der Waals surface area contributed by atoms with Crippen LogP contribution >= 0.6 is 11.8 Å². The number of rotatable bonds is 3. The van der Waals surface area contributed by atoms with Crippen molar-refractivity contribution in [3.05, 3.63) is 11.5 Å². The highest BCUT2D eigenvalue weighted by Crippen LogP contribution is 2.01. The Morgan fingerprint density at radius 1 is 1.57 bits per heavy atom. The molecule has 0 amide bonds. The Morgan fingerprint density at radius 3 is 2.71 bits per heavy atom. The maximum Gasteiger partial charge on any atom is -0.00287 e. The molecule has 0 aliphatic rings. The zero-order valence-corrected chi connectivity index (χ0v) is 5.79. The van der Waals surface area contributed by atoms with Gasteiger partial charge in [-0.25, -0.2) is 0 Å². The fraction of sp³-hybridized carbons (Fsp3) is 0.667. The summed E-state index contributed by atoms with van der Waals surface area (Å²) < 4.78 is 0. The maximum atomic E-state index is 2.19. The molecule has 0 fully saturated rings. The standard InChI is InChI=1S/C6H12S/c1-3-5-7-6-4-2/h3,5H,4,6H2,1-2H3. The van der Waals surface area contributed by atoms with Crippen LogP contribution in [-0.2, 0) is 0 Å². The van der Waals surface area contributed by atoms with Gasteiger partial charge >= 0.3 is 0 Å². The molecule has 0 aromatic rings. The van der Waals surface area contributed by atoms with E-state index in [1.165, 1.54) is 12.2 Å². The van der Waals surface area contributed by atoms with Crippen molar-refractivity contribution in [2.24, 2.45) is 0 Å². The molecule has 7 heavy (non-hydrogen) atoms. The Bertz CT molecular complexity index is 48.1. The van der Waals surface area contributed by atoms with Gasteiger partial charge in [-0.2, -0.15) is 0 Å². The molecule has 0 atom stereocenters. The fourth-order valence-corrected chi connectivity index (χ4v) is 0.846. The van der Waals surface area contributed by atoms with Crippen LogP contribution in [0.4, 0.5) is 0 Å². The van der Waals surface area contributed by atoms with E-state index in [4.69, 9.17) is 0 Å². The van der Waals surface area contributed by atoms with Crippen molar-refractivity contribution in [1.29, 1.82) is 0 Å². The monoisotopic (exact) mass is 116 g/mol. The molecule has 0 saturated heterocycles. The smallest absolute Gasteiger partial charge is 0.00287 e. The second-order valence-electron chi connectivity index (χ2n) is 1.34. The summed E-state index contributed by atoms with van der Waals surface area (Å²) in [5.74, 6) is 1.25. The van der Waals surface area contributed by atoms with Crippen molar-refractivity contribution in [3.63, 3.8) is 0 Å². The number of hydrogen-bond acceptors (Lipinski definition) is 1. The van der Waals surface area contributed by atoms with Gasteiger partial charge in [0.05, 0.1) is 0 Å². The Kier molecular flexibility index (Phi) is 6.17. The third-order valence-corrected chi connectivity index (χ3v) is 1.66. The van der Waals surface area contributed by atoms with Gasteiger partial charge < -0.3 is 0 Å². The number of thioether (sulfide) groups is 1. The summed E-state index contributed by atoms with van der Waals surface area (Å²) in [5.41, 5.74) is 0. The first-order valence-electron chi connectivity index (χ1n) is 2.64. The van der Waals surface area contributed by atoms with Crippen molar-refractivity contribution >= 4 is 11.8 Å². The fourth-order valence-electron chi connectivity index (χ4n) is 0.282. The minimum atomic E-state index is 1.25. The summed E-state index contributed by atoms with van der Waals surface area (Å²) >= 11 is 1.87. The van der Waals surface area contributed by atoms with Gasteiger partial charge in [0.25, 0.3) is 0 Å². The van der Waals surface area contributed by atoms with Crippen LogP contribution in [-0.4, -0.2) is 5.75 Å². The highest BCUT2D eigenvalue weighted by Gasteiger charge is 1.72. The third-order valence-electron chi connectivity index (χ3n) is 0.554. The Hall–Kier alpha value is 0.0900. The quantitative estimate of drug-likeness (QED) is 0.511. The molecular weight excluding hydrogens is 104 g/mol. The molecule has 0 aromatic carbocycles. The lowest BCUT2D eigenvalue weighted by Gasteiger charge is -1.84. The van der Waals surface area contributed by atoms with Gasteiger partial charge in [0.2, 0.25) is 0 Å². The SMILES string of the molecule is CC=CSCCC. The van der Waals surface area contributed by atoms with Crippen LogP contribution < -0.4 is 0 Å². The van der Waals surface area contributed by atoms with Crippen molar-refractivity contribution in [1.82, 2.24) is 0 Å². The van der Waals surface area contributed by atoms with E-state index in [0.29, 0.717) is 0 Å². The Labute approximate surface area is 50.0 Å². The normalized spacial score (nSPS) is 10.6. The molecule has 0 nitrogen and oxygen atoms in total. The first kappa shape index (κ1) is 7.09. The van der Waals surface area contributed by atoms with Crippen LogP contribution in [0.15, 0.2) is 11.5 Å². The van der Waals surface area contributed by atoms with Crippen LogP contribution in [0.3, 0.4) is 0 Å². The highest BCUT2D eigenvalue weighted by molar-refractivity contribution is 8.02. The minimum Gasteiger partial charge on any atom is -0.134 e. The average Bonchev–Trinajstić information content (AvgIpc) is 1.69. The van der Waals surface area contributed by atoms with E-state index < -0.39 is 0 Å². The lowest BCUT2D eigenvalue weighted by Crippen LogP contribution is -1.65. The second kappa shape index (κ2) is 6.09. The lowest BCUT2D eigenvalue weighted by molar-refractivity contribution is 1.11. The molecule has 0 N–H and O–H groups in total. The van der Waals surface area contributed by atoms with Gasteiger partial charge in [-0.05, 0) is 24.5 Å². The summed E-state index contributed by atoms with van der Waals surface area (Å²) in [5, 5.41) is 2.13. The van der Waals surface area contributed by atoms with E-state index in [-0.39, 0.29) is 0 Å². The third kappa shape index (κ3) is 6.09. The summed E-state index contributed by atoms with van der Waals surface area (Å²) in [7, 11) is 0. The number of hydrogen-bond donors (Lipinski definition) is 0. The predicted molar refractivity (Wildman–Crippen MR) is 37.6 cm³/mol. The molecule has 0 radical (unpaired) electrons. The van der Waals surface area contributed by atoms with E-state index in [1.807, 2.05) is 18.7 Å². The van der Waals surface area contributed by atoms with Crippen molar-refractivity contribution < 1.29 is 0 Å². The molecule has 0 aliphatic carbocycles. The molecule has 0 aromatic heterocycles. The molecule has 1 heteroatoms. The highest BCUT2D eigenvalue weighted by atomic mass is 32.2. The van der Waals surface area contributed by atoms with Crippen LogP contribution in [0.1, 0.15) is 20.3 Å². The van der Waals surface area contributed by atoms with Gasteiger partial charge in [-0.3, -0.25) is 0 Å². The lowest BCUT2D eigenvalue weighted by atomic mass is 10.6. The van der Waals surface area contributed by atoms with Crippen LogP contribution in [0, 0.1) is 0 Å². The largest absolute Gasteiger partial charge is 0.134 e. The molecule has 0 saturated carbocycles. The summed E-state index contributed by atoms with van der Waals surface area (Å²) in [4.78, 5) is 0. The van der Waals surface area contributed by atoms with E-state index in [2.05, 4.69) is 18.4 Å². The number of allylic oxidation sites excluding steroid dienone is 1. The maximum absolute atomic E-state index is 2.19. The topological polar surface area (TPSA) is 0 Å². The molecule has 0 bridgehead atoms. The summed E-state index contributed by atoms with van der Waals surface area (Å²) in [6.45, 7) is 4.24. The van der Waals surface area contributed by atoms with Gasteiger partial charge in [0, 0.05) is 0 Å². The van der Waals surface area contributed by atoms with Crippen LogP contribution in [0.2, 0.25) is 0 Å². The van der Waals surface area contributed by atoms with Gasteiger partial charge in [0.1, 0.15) is 0 Å². The van der Waals surface area contributed by atoms with Gasteiger partial charge in [-0.1, -0.05) is 13.0 Å². The van der Waals surface area contributed by atoms with Gasteiger partial charge in [-0.15, -0.1) is 11.8 Å². The Morgan fingerprint density at radius 2 is 2.29 bits per heavy atom. The van der Waals surface area contributed by atoms with E-state index >= 15 is 0 Å². The predicted octanol–water partition coefficient (Wildman–Crippen LogP) is 2.66. The van der Waals surface area contributed by atoms with E-state index in [9.17, 15) is 0 Å². The zero-order chi connectivity index (χ0) is 5.54. The Balaban J connectivity index is 2.69. The molecule has 0 rings (SSSR count). The van der Waals surface area contributed by atoms with E-state index in [1.54, 1.807) is 0 Å². The zero-order valence-electron chi connectivity index (χ0n) is 4.98. The van der Waals surface area contributed by atoms with E-state index in [0.717, 1.165) is 0 Å². The van der Waals surface area contributed by atoms with Gasteiger partial charge in [0.15, 0.2) is 0 Å². The van der Waals surface area contributed by atoms with Crippen molar-refractivity contribution in [2.45, 2.75) is 20.3 Å². The molecule has 0 unspecified atom stereocenters. The second-order valence-corrected chi connectivity index (χ2v) is 2.35. The minimum absolute atomic E-state index is 1.25. The first-order valence-corrected chi connectivity index (χ1v) is 3.69.